The van der Waals surface area contributed by atoms with E-state index in [1.165, 1.54) is 0 Å². The van der Waals surface area contributed by atoms with Crippen LogP contribution in [0.15, 0.2) is 4.99 Å². The first kappa shape index (κ1) is 6.69. The maximum Gasteiger partial charge on any atom is 0.297 e. The Morgan fingerprint density at radius 2 is 2.10 bits per heavy atom. The number of nitrogens with zero attached hydrogens (tertiary/aromatic N) is 1. The largest absolute Gasteiger partial charge is 0.370 e. The molecule has 0 aromatic heterocycles. The van der Waals surface area contributed by atoms with Crippen molar-refractivity contribution in [1.29, 1.82) is 0 Å². The molecule has 1 aliphatic heterocycles. The summed E-state index contributed by atoms with van der Waals surface area (Å²) in [6, 6.07) is 0. The monoisotopic (exact) mass is 142 g/mol. The number of guanidine groups is 1. The van der Waals surface area contributed by atoms with E-state index in [0.717, 1.165) is 0 Å². The van der Waals surface area contributed by atoms with Gasteiger partial charge in [0.2, 0.25) is 0 Å². The van der Waals surface area contributed by atoms with Crippen LogP contribution in [0.3, 0.4) is 0 Å². The fraction of sp³-hybridized carbons (Fsp3) is 0.250. The van der Waals surface area contributed by atoms with Crippen molar-refractivity contribution in [2.45, 2.75) is 6.17 Å². The van der Waals surface area contributed by atoms with E-state index in [0.29, 0.717) is 0 Å². The molecular weight excluding hydrogens is 136 g/mol. The molecule has 0 aromatic rings. The fourth-order valence-corrected chi connectivity index (χ4v) is 0.553. The molecule has 10 heavy (non-hydrogen) atoms. The fourth-order valence-electron chi connectivity index (χ4n) is 0.553. The molecule has 0 aliphatic carbocycles. The zero-order valence-corrected chi connectivity index (χ0v) is 5.00. The topological polar surface area (TPSA) is 111 Å². The van der Waals surface area contributed by atoms with Gasteiger partial charge in [-0.2, -0.15) is 0 Å². The van der Waals surface area contributed by atoms with Gasteiger partial charge in [-0.3, -0.25) is 14.9 Å². The highest BCUT2D eigenvalue weighted by Crippen LogP contribution is 1.89. The first-order valence-corrected chi connectivity index (χ1v) is 2.55. The molecule has 0 aromatic carbocycles. The molecule has 1 rings (SSSR count). The van der Waals surface area contributed by atoms with E-state index in [-0.39, 0.29) is 5.96 Å². The summed E-state index contributed by atoms with van der Waals surface area (Å²) in [5, 5.41) is 2.02. The average molecular weight is 142 g/mol. The molecule has 0 spiro atoms. The molecule has 6 nitrogen and oxygen atoms in total. The zero-order chi connectivity index (χ0) is 7.72. The molecule has 1 amide bonds. The Labute approximate surface area is 56.3 Å². The Bertz CT molecular complexity index is 221. The van der Waals surface area contributed by atoms with Crippen molar-refractivity contribution < 1.29 is 9.59 Å². The van der Waals surface area contributed by atoms with Crippen LogP contribution >= 0.6 is 0 Å². The minimum atomic E-state index is -1.13. The molecule has 5 N–H and O–H groups in total. The van der Waals surface area contributed by atoms with Crippen LogP contribution in [0.2, 0.25) is 0 Å². The number of hydrogen-bond donors (Lipinski definition) is 3. The van der Waals surface area contributed by atoms with Crippen LogP contribution in [0.4, 0.5) is 0 Å². The van der Waals surface area contributed by atoms with Crippen molar-refractivity contribution in [3.8, 4) is 0 Å². The van der Waals surface area contributed by atoms with E-state index in [9.17, 15) is 9.59 Å². The second-order valence-electron chi connectivity index (χ2n) is 1.78. The number of hydrogen-bond acceptors (Lipinski definition) is 5. The molecule has 1 unspecified atom stereocenters. The van der Waals surface area contributed by atoms with Crippen molar-refractivity contribution >= 4 is 17.6 Å². The summed E-state index contributed by atoms with van der Waals surface area (Å²) < 4.78 is 0. The van der Waals surface area contributed by atoms with Crippen LogP contribution in [-0.4, -0.2) is 23.8 Å². The predicted octanol–water partition coefficient (Wildman–Crippen LogP) is -2.72. The third-order valence-corrected chi connectivity index (χ3v) is 1.01. The lowest BCUT2D eigenvalue weighted by Gasteiger charge is -2.12. The van der Waals surface area contributed by atoms with Crippen molar-refractivity contribution in [1.82, 2.24) is 5.32 Å². The second-order valence-corrected chi connectivity index (χ2v) is 1.78. The minimum Gasteiger partial charge on any atom is -0.370 e. The summed E-state index contributed by atoms with van der Waals surface area (Å²) in [4.78, 5) is 24.5. The van der Waals surface area contributed by atoms with Crippen LogP contribution in [0, 0.1) is 0 Å². The molecular formula is C4H6N4O2. The van der Waals surface area contributed by atoms with Gasteiger partial charge in [-0.1, -0.05) is 0 Å². The summed E-state index contributed by atoms with van der Waals surface area (Å²) in [7, 11) is 0. The number of nitrogens with one attached hydrogen (secondary N) is 1. The van der Waals surface area contributed by atoms with Crippen LogP contribution in [0.1, 0.15) is 0 Å². The molecule has 0 saturated heterocycles. The SMILES string of the molecule is NC1=NC(N)C(=O)C(=O)N1. The zero-order valence-electron chi connectivity index (χ0n) is 5.00. The molecule has 0 fully saturated rings. The standard InChI is InChI=1S/C4H6N4O2/c5-2-1(9)3(10)8-4(6)7-2/h2H,5H2,(H3,6,7,8,10). The number of aliphatic imine (C=N–C) groups is 1. The Balaban J connectivity index is 2.89. The quantitative estimate of drug-likeness (QED) is 0.319. The number of nitrogens with two attached hydrogens (primary N) is 2. The summed E-state index contributed by atoms with van der Waals surface area (Å²) >= 11 is 0. The van der Waals surface area contributed by atoms with Crippen molar-refractivity contribution in [2.24, 2.45) is 16.5 Å². The first-order chi connectivity index (χ1) is 4.61. The summed E-state index contributed by atoms with van der Waals surface area (Å²) in [5.74, 6) is -1.69. The number of carbonyl (C=O) groups is 2. The normalized spacial score (nSPS) is 25.7. The summed E-state index contributed by atoms with van der Waals surface area (Å²) in [6.45, 7) is 0. The van der Waals surface area contributed by atoms with E-state index < -0.39 is 17.9 Å². The number of carbonyl (C=O) groups excluding carboxylic acids is 2. The lowest BCUT2D eigenvalue weighted by Crippen LogP contribution is -2.52. The summed E-state index contributed by atoms with van der Waals surface area (Å²) in [5.41, 5.74) is 10.1. The van der Waals surface area contributed by atoms with E-state index in [1.54, 1.807) is 0 Å². The number of ketones is 1. The number of amides is 1. The Morgan fingerprint density at radius 3 is 2.60 bits per heavy atom. The van der Waals surface area contributed by atoms with Gasteiger partial charge in [-0.25, -0.2) is 4.99 Å². The van der Waals surface area contributed by atoms with Gasteiger partial charge in [0.05, 0.1) is 0 Å². The smallest absolute Gasteiger partial charge is 0.297 e. The van der Waals surface area contributed by atoms with Crippen molar-refractivity contribution in [3.63, 3.8) is 0 Å². The Morgan fingerprint density at radius 1 is 1.50 bits per heavy atom. The third-order valence-electron chi connectivity index (χ3n) is 1.01. The molecule has 1 heterocycles. The Kier molecular flexibility index (Phi) is 1.38. The van der Waals surface area contributed by atoms with Crippen LogP contribution in [-0.2, 0) is 9.59 Å². The van der Waals surface area contributed by atoms with Crippen LogP contribution in [0.25, 0.3) is 0 Å². The van der Waals surface area contributed by atoms with E-state index in [1.807, 2.05) is 5.32 Å². The summed E-state index contributed by atoms with van der Waals surface area (Å²) in [6.07, 6.45) is -1.13. The van der Waals surface area contributed by atoms with Gasteiger partial charge in [0.15, 0.2) is 12.1 Å². The molecule has 54 valence electrons. The molecule has 1 atom stereocenters. The maximum absolute atomic E-state index is 10.6. The highest BCUT2D eigenvalue weighted by molar-refractivity contribution is 6.42. The highest BCUT2D eigenvalue weighted by atomic mass is 16.2. The van der Waals surface area contributed by atoms with E-state index in [2.05, 4.69) is 4.99 Å². The molecule has 0 bridgehead atoms. The van der Waals surface area contributed by atoms with Crippen LogP contribution < -0.4 is 16.8 Å². The maximum atomic E-state index is 10.6. The van der Waals surface area contributed by atoms with E-state index in [4.69, 9.17) is 11.5 Å². The average Bonchev–Trinajstić information content (AvgIpc) is 1.82. The van der Waals surface area contributed by atoms with Gasteiger partial charge in [-0.05, 0) is 0 Å². The van der Waals surface area contributed by atoms with Crippen molar-refractivity contribution in [2.75, 3.05) is 0 Å². The molecule has 0 saturated carbocycles. The van der Waals surface area contributed by atoms with Gasteiger partial charge in [0, 0.05) is 0 Å². The molecule has 0 radical (unpaired) electrons. The third kappa shape index (κ3) is 0.960. The number of rotatable bonds is 0. The lowest BCUT2D eigenvalue weighted by molar-refractivity contribution is -0.138. The second kappa shape index (κ2) is 2.07. The highest BCUT2D eigenvalue weighted by Gasteiger charge is 2.26. The van der Waals surface area contributed by atoms with Gasteiger partial charge in [0.1, 0.15) is 0 Å². The predicted molar refractivity (Wildman–Crippen MR) is 32.7 cm³/mol. The van der Waals surface area contributed by atoms with Gasteiger partial charge < -0.3 is 11.5 Å². The Hall–Kier alpha value is -1.43. The van der Waals surface area contributed by atoms with Gasteiger partial charge in [0.25, 0.3) is 11.7 Å². The number of Topliss-reactive ketones (excluding diaryl/α,β-unsaturated/α-hetero) is 1. The first-order valence-electron chi connectivity index (χ1n) is 2.55. The van der Waals surface area contributed by atoms with Crippen LogP contribution in [0.5, 0.6) is 0 Å². The lowest BCUT2D eigenvalue weighted by atomic mass is 10.3. The van der Waals surface area contributed by atoms with Gasteiger partial charge >= 0.3 is 0 Å². The van der Waals surface area contributed by atoms with Crippen molar-refractivity contribution in [3.05, 3.63) is 0 Å². The van der Waals surface area contributed by atoms with E-state index >= 15 is 0 Å². The van der Waals surface area contributed by atoms with Gasteiger partial charge in [-0.15, -0.1) is 0 Å². The molecule has 1 aliphatic rings. The minimum absolute atomic E-state index is 0.114. The molecule has 6 heteroatoms.